The normalized spacial score (nSPS) is 16.0. The molecular weight excluding hydrogens is 178 g/mol. The van der Waals surface area contributed by atoms with Crippen molar-refractivity contribution in [1.82, 2.24) is 4.90 Å². The van der Waals surface area contributed by atoms with Gasteiger partial charge in [0.25, 0.3) is 0 Å². The zero-order valence-corrected chi connectivity index (χ0v) is 8.39. The molecule has 1 aromatic heterocycles. The lowest BCUT2D eigenvalue weighted by Crippen LogP contribution is -2.25. The molecule has 2 rings (SSSR count). The van der Waals surface area contributed by atoms with Crippen LogP contribution < -0.4 is 0 Å². The molecule has 1 heterocycles. The first-order valence-electron chi connectivity index (χ1n) is 4.59. The fourth-order valence-corrected chi connectivity index (χ4v) is 2.15. The minimum absolute atomic E-state index is 0.760. The van der Waals surface area contributed by atoms with Crippen molar-refractivity contribution in [3.63, 3.8) is 0 Å². The van der Waals surface area contributed by atoms with E-state index >= 15 is 0 Å². The van der Waals surface area contributed by atoms with Crippen molar-refractivity contribution in [2.24, 2.45) is 0 Å². The van der Waals surface area contributed by atoms with Crippen molar-refractivity contribution >= 4 is 11.3 Å². The summed E-state index contributed by atoms with van der Waals surface area (Å²) in [4.78, 5) is 2.39. The second-order valence-corrected chi connectivity index (χ2v) is 4.25. The largest absolute Gasteiger partial charge is 0.285 e. The van der Waals surface area contributed by atoms with Gasteiger partial charge < -0.3 is 0 Å². The van der Waals surface area contributed by atoms with Crippen LogP contribution in [0.4, 0.5) is 0 Å². The monoisotopic (exact) mass is 191 g/mol. The number of rotatable bonds is 4. The highest BCUT2D eigenvalue weighted by molar-refractivity contribution is 7.07. The minimum atomic E-state index is 0.760. The van der Waals surface area contributed by atoms with E-state index in [1.165, 1.54) is 18.4 Å². The van der Waals surface area contributed by atoms with E-state index in [-0.39, 0.29) is 0 Å². The van der Waals surface area contributed by atoms with E-state index in [9.17, 15) is 0 Å². The van der Waals surface area contributed by atoms with Crippen molar-refractivity contribution in [2.75, 3.05) is 6.54 Å². The summed E-state index contributed by atoms with van der Waals surface area (Å²) in [5.74, 6) is 2.73. The average Bonchev–Trinajstić information content (AvgIpc) is 2.85. The molecule has 1 aliphatic carbocycles. The highest BCUT2D eigenvalue weighted by Crippen LogP contribution is 2.28. The topological polar surface area (TPSA) is 3.24 Å². The first-order valence-corrected chi connectivity index (χ1v) is 5.53. The molecule has 0 N–H and O–H groups in total. The Morgan fingerprint density at radius 1 is 1.62 bits per heavy atom. The van der Waals surface area contributed by atoms with E-state index in [0.717, 1.165) is 19.1 Å². The third-order valence-electron chi connectivity index (χ3n) is 2.32. The molecule has 0 atom stereocenters. The van der Waals surface area contributed by atoms with Gasteiger partial charge in [-0.15, -0.1) is 6.42 Å². The Morgan fingerprint density at radius 2 is 2.46 bits per heavy atom. The predicted octanol–water partition coefficient (Wildman–Crippen LogP) is 2.35. The first kappa shape index (κ1) is 8.80. The summed E-state index contributed by atoms with van der Waals surface area (Å²) in [7, 11) is 0. The van der Waals surface area contributed by atoms with E-state index in [1.54, 1.807) is 11.3 Å². The molecule has 0 spiro atoms. The van der Waals surface area contributed by atoms with Crippen LogP contribution >= 0.6 is 11.3 Å². The molecule has 1 saturated carbocycles. The minimum Gasteiger partial charge on any atom is -0.285 e. The molecule has 0 aromatic carbocycles. The number of thiophene rings is 1. The van der Waals surface area contributed by atoms with Gasteiger partial charge in [-0.3, -0.25) is 4.90 Å². The third-order valence-corrected chi connectivity index (χ3v) is 3.06. The van der Waals surface area contributed by atoms with E-state index in [0.29, 0.717) is 0 Å². The van der Waals surface area contributed by atoms with Crippen molar-refractivity contribution in [2.45, 2.75) is 25.4 Å². The fourth-order valence-electron chi connectivity index (χ4n) is 1.49. The summed E-state index contributed by atoms with van der Waals surface area (Å²) in [6, 6.07) is 2.94. The third kappa shape index (κ3) is 2.33. The quantitative estimate of drug-likeness (QED) is 0.660. The SMILES string of the molecule is C#CCN(Cc1ccsc1)C1CC1. The van der Waals surface area contributed by atoms with Crippen molar-refractivity contribution in [1.29, 1.82) is 0 Å². The maximum atomic E-state index is 5.33. The summed E-state index contributed by atoms with van der Waals surface area (Å²) in [5.41, 5.74) is 1.40. The highest BCUT2D eigenvalue weighted by Gasteiger charge is 2.28. The van der Waals surface area contributed by atoms with Gasteiger partial charge in [0.2, 0.25) is 0 Å². The van der Waals surface area contributed by atoms with Crippen LogP contribution in [0.1, 0.15) is 18.4 Å². The van der Waals surface area contributed by atoms with Crippen LogP contribution in [0.2, 0.25) is 0 Å². The lowest BCUT2D eigenvalue weighted by molar-refractivity contribution is 0.289. The Kier molecular flexibility index (Phi) is 2.68. The zero-order chi connectivity index (χ0) is 9.10. The molecular formula is C11H13NS. The van der Waals surface area contributed by atoms with Gasteiger partial charge in [0, 0.05) is 12.6 Å². The molecule has 2 heteroatoms. The molecule has 0 aliphatic heterocycles. The van der Waals surface area contributed by atoms with Crippen LogP contribution in [0, 0.1) is 12.3 Å². The second kappa shape index (κ2) is 3.95. The summed E-state index contributed by atoms with van der Waals surface area (Å²) in [5, 5.41) is 4.32. The molecule has 1 aromatic rings. The van der Waals surface area contributed by atoms with Crippen molar-refractivity contribution < 1.29 is 0 Å². The fraction of sp³-hybridized carbons (Fsp3) is 0.455. The van der Waals surface area contributed by atoms with Crippen LogP contribution in [-0.2, 0) is 6.54 Å². The number of hydrogen-bond acceptors (Lipinski definition) is 2. The van der Waals surface area contributed by atoms with Gasteiger partial charge in [-0.1, -0.05) is 5.92 Å². The first-order chi connectivity index (χ1) is 6.40. The summed E-state index contributed by atoms with van der Waals surface area (Å²) in [6.45, 7) is 1.82. The molecule has 1 fully saturated rings. The van der Waals surface area contributed by atoms with Gasteiger partial charge in [-0.2, -0.15) is 11.3 Å². The van der Waals surface area contributed by atoms with Gasteiger partial charge in [0.1, 0.15) is 0 Å². The molecule has 0 bridgehead atoms. The zero-order valence-electron chi connectivity index (χ0n) is 7.57. The van der Waals surface area contributed by atoms with E-state index in [4.69, 9.17) is 6.42 Å². The van der Waals surface area contributed by atoms with Gasteiger partial charge in [-0.05, 0) is 35.2 Å². The molecule has 68 valence electrons. The Hall–Kier alpha value is -0.780. The molecule has 0 saturated heterocycles. The Balaban J connectivity index is 1.93. The average molecular weight is 191 g/mol. The standard InChI is InChI=1S/C11H13NS/c1-2-6-12(11-3-4-11)8-10-5-7-13-9-10/h1,5,7,9,11H,3-4,6,8H2. The molecule has 0 unspecified atom stereocenters. The second-order valence-electron chi connectivity index (χ2n) is 3.47. The molecule has 1 aliphatic rings. The van der Waals surface area contributed by atoms with Gasteiger partial charge in [0.05, 0.1) is 6.54 Å². The van der Waals surface area contributed by atoms with Crippen LogP contribution in [0.3, 0.4) is 0 Å². The molecule has 0 amide bonds. The van der Waals surface area contributed by atoms with E-state index in [1.807, 2.05) is 0 Å². The maximum absolute atomic E-state index is 5.33. The lowest BCUT2D eigenvalue weighted by atomic mass is 10.3. The summed E-state index contributed by atoms with van der Waals surface area (Å²) < 4.78 is 0. The molecule has 13 heavy (non-hydrogen) atoms. The van der Waals surface area contributed by atoms with Crippen LogP contribution in [0.15, 0.2) is 16.8 Å². The highest BCUT2D eigenvalue weighted by atomic mass is 32.1. The van der Waals surface area contributed by atoms with Crippen LogP contribution in [0.5, 0.6) is 0 Å². The summed E-state index contributed by atoms with van der Waals surface area (Å²) >= 11 is 1.75. The van der Waals surface area contributed by atoms with Gasteiger partial charge in [-0.25, -0.2) is 0 Å². The van der Waals surface area contributed by atoms with Crippen LogP contribution in [-0.4, -0.2) is 17.5 Å². The van der Waals surface area contributed by atoms with Crippen LogP contribution in [0.25, 0.3) is 0 Å². The lowest BCUT2D eigenvalue weighted by Gasteiger charge is -2.17. The van der Waals surface area contributed by atoms with Crippen molar-refractivity contribution in [3.05, 3.63) is 22.4 Å². The Morgan fingerprint density at radius 3 is 3.00 bits per heavy atom. The number of hydrogen-bond donors (Lipinski definition) is 0. The predicted molar refractivity (Wildman–Crippen MR) is 56.6 cm³/mol. The maximum Gasteiger partial charge on any atom is 0.0604 e. The van der Waals surface area contributed by atoms with Gasteiger partial charge >= 0.3 is 0 Å². The molecule has 1 nitrogen and oxygen atoms in total. The summed E-state index contributed by atoms with van der Waals surface area (Å²) in [6.07, 6.45) is 7.99. The Labute approximate surface area is 83.4 Å². The van der Waals surface area contributed by atoms with Gasteiger partial charge in [0.15, 0.2) is 0 Å². The van der Waals surface area contributed by atoms with Crippen molar-refractivity contribution in [3.8, 4) is 12.3 Å². The number of terminal acetylenes is 1. The molecule has 0 radical (unpaired) electrons. The van der Waals surface area contributed by atoms with E-state index < -0.39 is 0 Å². The smallest absolute Gasteiger partial charge is 0.0604 e. The Bertz CT molecular complexity index is 292. The number of nitrogens with zero attached hydrogens (tertiary/aromatic N) is 1. The van der Waals surface area contributed by atoms with E-state index in [2.05, 4.69) is 27.6 Å².